The van der Waals surface area contributed by atoms with Gasteiger partial charge in [-0.05, 0) is 62.2 Å². The summed E-state index contributed by atoms with van der Waals surface area (Å²) >= 11 is 3.40. The molecule has 0 fully saturated rings. The highest BCUT2D eigenvalue weighted by Gasteiger charge is 2.20. The third-order valence-electron chi connectivity index (χ3n) is 5.03. The van der Waals surface area contributed by atoms with Gasteiger partial charge in [-0.15, -0.1) is 5.10 Å². The number of hydrogen-bond donors (Lipinski definition) is 1. The Balaban J connectivity index is 1.79. The van der Waals surface area contributed by atoms with Gasteiger partial charge in [0.1, 0.15) is 0 Å². The molecule has 0 radical (unpaired) electrons. The Morgan fingerprint density at radius 3 is 2.33 bits per heavy atom. The normalized spacial score (nSPS) is 10.8. The zero-order valence-corrected chi connectivity index (χ0v) is 18.6. The minimum atomic E-state index is -0.352. The molecule has 1 amide bonds. The van der Waals surface area contributed by atoms with Crippen LogP contribution in [0.3, 0.4) is 0 Å². The van der Waals surface area contributed by atoms with E-state index in [0.29, 0.717) is 11.5 Å². The van der Waals surface area contributed by atoms with E-state index < -0.39 is 0 Å². The van der Waals surface area contributed by atoms with Crippen molar-refractivity contribution in [2.45, 2.75) is 20.8 Å². The van der Waals surface area contributed by atoms with Crippen LogP contribution >= 0.6 is 15.9 Å². The summed E-state index contributed by atoms with van der Waals surface area (Å²) in [5.41, 5.74) is 5.89. The molecule has 0 aliphatic carbocycles. The molecule has 150 valence electrons. The first kappa shape index (κ1) is 20.0. The van der Waals surface area contributed by atoms with E-state index in [2.05, 4.69) is 44.3 Å². The van der Waals surface area contributed by atoms with Crippen molar-refractivity contribution in [3.8, 4) is 17.1 Å². The van der Waals surface area contributed by atoms with Gasteiger partial charge in [0.25, 0.3) is 5.91 Å². The van der Waals surface area contributed by atoms with E-state index in [9.17, 15) is 4.79 Å². The smallest absolute Gasteiger partial charge is 0.295 e. The third-order valence-corrected chi connectivity index (χ3v) is 5.55. The second-order valence-corrected chi connectivity index (χ2v) is 8.13. The fourth-order valence-corrected chi connectivity index (χ4v) is 3.42. The van der Waals surface area contributed by atoms with Crippen molar-refractivity contribution in [2.24, 2.45) is 0 Å². The maximum Gasteiger partial charge on any atom is 0.295 e. The first-order valence-corrected chi connectivity index (χ1v) is 10.4. The number of nitrogens with one attached hydrogen (secondary N) is 1. The van der Waals surface area contributed by atoms with Gasteiger partial charge in [-0.3, -0.25) is 4.79 Å². The van der Waals surface area contributed by atoms with Gasteiger partial charge in [0.2, 0.25) is 5.82 Å². The quantitative estimate of drug-likeness (QED) is 0.413. The molecule has 4 aromatic rings. The molecule has 4 rings (SSSR count). The van der Waals surface area contributed by atoms with Crippen molar-refractivity contribution in [2.75, 3.05) is 5.32 Å². The van der Waals surface area contributed by atoms with Crippen LogP contribution in [0.15, 0.2) is 71.2 Å². The highest BCUT2D eigenvalue weighted by molar-refractivity contribution is 9.10. The van der Waals surface area contributed by atoms with E-state index in [1.54, 1.807) is 4.68 Å². The van der Waals surface area contributed by atoms with Crippen LogP contribution in [0, 0.1) is 20.8 Å². The third kappa shape index (κ3) is 4.04. The Bertz CT molecular complexity index is 1210. The fraction of sp³-hybridized carbons (Fsp3) is 0.125. The van der Waals surface area contributed by atoms with E-state index in [1.807, 2.05) is 74.5 Å². The van der Waals surface area contributed by atoms with Crippen LogP contribution in [-0.2, 0) is 0 Å². The molecule has 0 saturated heterocycles. The summed E-state index contributed by atoms with van der Waals surface area (Å²) < 4.78 is 2.70. The predicted octanol–water partition coefficient (Wildman–Crippen LogP) is 5.87. The van der Waals surface area contributed by atoms with E-state index in [1.165, 1.54) is 0 Å². The molecule has 0 unspecified atom stereocenters. The molecule has 0 aliphatic heterocycles. The van der Waals surface area contributed by atoms with E-state index in [0.717, 1.165) is 32.4 Å². The first-order valence-electron chi connectivity index (χ1n) is 9.60. The number of hydrogen-bond acceptors (Lipinski definition) is 3. The molecule has 5 nitrogen and oxygen atoms in total. The molecule has 1 heterocycles. The highest BCUT2D eigenvalue weighted by Crippen LogP contribution is 2.25. The SMILES string of the molecule is Cc1ccc(-c2nc(C(=O)Nc3ccc(Br)cc3)nn2-c2cccc(C)c2C)cc1. The number of halogens is 1. The Labute approximate surface area is 183 Å². The number of aromatic nitrogens is 3. The Morgan fingerprint density at radius 1 is 0.933 bits per heavy atom. The van der Waals surface area contributed by atoms with Gasteiger partial charge >= 0.3 is 0 Å². The van der Waals surface area contributed by atoms with Crippen LogP contribution in [0.1, 0.15) is 27.3 Å². The minimum Gasteiger partial charge on any atom is -0.319 e. The fourth-order valence-electron chi connectivity index (χ4n) is 3.15. The van der Waals surface area contributed by atoms with Crippen LogP contribution in [0.5, 0.6) is 0 Å². The lowest BCUT2D eigenvalue weighted by molar-refractivity contribution is 0.101. The van der Waals surface area contributed by atoms with Crippen molar-refractivity contribution in [1.82, 2.24) is 14.8 Å². The van der Waals surface area contributed by atoms with Gasteiger partial charge in [-0.25, -0.2) is 9.67 Å². The summed E-state index contributed by atoms with van der Waals surface area (Å²) in [6.07, 6.45) is 0. The van der Waals surface area contributed by atoms with E-state index in [4.69, 9.17) is 0 Å². The molecule has 0 bridgehead atoms. The molecule has 30 heavy (non-hydrogen) atoms. The standard InChI is InChI=1S/C24H21BrN4O/c1-15-7-9-18(10-8-15)23-27-22(24(30)26-20-13-11-19(25)12-14-20)28-29(23)21-6-4-5-16(2)17(21)3/h4-14H,1-3H3,(H,26,30). The Hall–Kier alpha value is -3.25. The lowest BCUT2D eigenvalue weighted by atomic mass is 10.1. The Kier molecular flexibility index (Phi) is 5.50. The van der Waals surface area contributed by atoms with Crippen LogP contribution in [0.2, 0.25) is 0 Å². The van der Waals surface area contributed by atoms with Gasteiger partial charge in [-0.2, -0.15) is 0 Å². The second-order valence-electron chi connectivity index (χ2n) is 7.22. The minimum absolute atomic E-state index is 0.120. The summed E-state index contributed by atoms with van der Waals surface area (Å²) in [5.74, 6) is 0.397. The average Bonchev–Trinajstić information content (AvgIpc) is 3.17. The molecular weight excluding hydrogens is 440 g/mol. The topological polar surface area (TPSA) is 59.8 Å². The first-order chi connectivity index (χ1) is 14.4. The van der Waals surface area contributed by atoms with Gasteiger partial charge in [0.15, 0.2) is 5.82 Å². The molecular formula is C24H21BrN4O. The lowest BCUT2D eigenvalue weighted by Gasteiger charge is -2.11. The summed E-state index contributed by atoms with van der Waals surface area (Å²) in [5, 5.41) is 7.45. The highest BCUT2D eigenvalue weighted by atomic mass is 79.9. The number of benzene rings is 3. The van der Waals surface area contributed by atoms with Gasteiger partial charge in [0.05, 0.1) is 5.69 Å². The number of carbonyl (C=O) groups is 1. The second kappa shape index (κ2) is 8.24. The summed E-state index contributed by atoms with van der Waals surface area (Å²) in [6, 6.07) is 21.5. The largest absolute Gasteiger partial charge is 0.319 e. The maximum absolute atomic E-state index is 12.9. The number of rotatable bonds is 4. The monoisotopic (exact) mass is 460 g/mol. The molecule has 0 saturated carbocycles. The molecule has 1 N–H and O–H groups in total. The van der Waals surface area contributed by atoms with Crippen LogP contribution in [0.25, 0.3) is 17.1 Å². The zero-order chi connectivity index (χ0) is 21.3. The van der Waals surface area contributed by atoms with Crippen LogP contribution in [-0.4, -0.2) is 20.7 Å². The van der Waals surface area contributed by atoms with Gasteiger partial charge in [-0.1, -0.05) is 57.9 Å². The summed E-state index contributed by atoms with van der Waals surface area (Å²) in [4.78, 5) is 17.5. The molecule has 1 aromatic heterocycles. The summed E-state index contributed by atoms with van der Waals surface area (Å²) in [6.45, 7) is 6.14. The lowest BCUT2D eigenvalue weighted by Crippen LogP contribution is -2.14. The number of anilines is 1. The van der Waals surface area contributed by atoms with E-state index in [-0.39, 0.29) is 11.7 Å². The predicted molar refractivity (Wildman–Crippen MR) is 123 cm³/mol. The van der Waals surface area contributed by atoms with Gasteiger partial charge < -0.3 is 5.32 Å². The number of amides is 1. The zero-order valence-electron chi connectivity index (χ0n) is 17.0. The summed E-state index contributed by atoms with van der Waals surface area (Å²) in [7, 11) is 0. The molecule has 0 aliphatic rings. The number of carbonyl (C=O) groups excluding carboxylic acids is 1. The van der Waals surface area contributed by atoms with Crippen molar-refractivity contribution in [3.63, 3.8) is 0 Å². The molecule has 6 heteroatoms. The number of aryl methyl sites for hydroxylation is 2. The number of nitrogens with zero attached hydrogens (tertiary/aromatic N) is 3. The van der Waals surface area contributed by atoms with Crippen molar-refractivity contribution in [1.29, 1.82) is 0 Å². The van der Waals surface area contributed by atoms with Crippen LogP contribution in [0.4, 0.5) is 5.69 Å². The van der Waals surface area contributed by atoms with Crippen molar-refractivity contribution < 1.29 is 4.79 Å². The Morgan fingerprint density at radius 2 is 1.63 bits per heavy atom. The molecule has 0 atom stereocenters. The molecule has 0 spiro atoms. The maximum atomic E-state index is 12.9. The van der Waals surface area contributed by atoms with Crippen molar-refractivity contribution >= 4 is 27.5 Å². The molecule has 3 aromatic carbocycles. The van der Waals surface area contributed by atoms with Crippen LogP contribution < -0.4 is 5.32 Å². The van der Waals surface area contributed by atoms with Crippen molar-refractivity contribution in [3.05, 3.63) is 93.7 Å². The average molecular weight is 461 g/mol. The van der Waals surface area contributed by atoms with Gasteiger partial charge in [0, 0.05) is 15.7 Å². The van der Waals surface area contributed by atoms with E-state index >= 15 is 0 Å².